The van der Waals surface area contributed by atoms with Crippen molar-refractivity contribution in [1.82, 2.24) is 5.32 Å². The van der Waals surface area contributed by atoms with Crippen LogP contribution < -0.4 is 10.1 Å². The zero-order valence-electron chi connectivity index (χ0n) is 17.6. The normalized spacial score (nSPS) is 10.5. The Hall–Kier alpha value is -3.10. The maximum atomic E-state index is 11.6. The molecule has 0 spiro atoms. The molecular formula is C22H31NO8. The van der Waals surface area contributed by atoms with Crippen molar-refractivity contribution in [3.8, 4) is 5.75 Å². The van der Waals surface area contributed by atoms with E-state index in [4.69, 9.17) is 20.1 Å². The summed E-state index contributed by atoms with van der Waals surface area (Å²) < 4.78 is 5.51. The first-order chi connectivity index (χ1) is 14.8. The Kier molecular flexibility index (Phi) is 12.4. The number of benzene rings is 1. The Morgan fingerprint density at radius 1 is 0.710 bits per heavy atom. The standard InChI is InChI=1S/C22H31NO8/c24-19(23-11-8-10-20(25)26)9-6-4-2-1-3-5-7-12-31-18-14-16(21(27)28)13-17(15-18)22(29)30/h13-15H,1-12H2,(H,23,24)(H,25,26)(H,27,28)(H,29,30). The van der Waals surface area contributed by atoms with Crippen molar-refractivity contribution in [2.75, 3.05) is 13.2 Å². The van der Waals surface area contributed by atoms with E-state index in [0.29, 0.717) is 26.0 Å². The molecule has 0 heterocycles. The summed E-state index contributed by atoms with van der Waals surface area (Å²) in [4.78, 5) is 44.1. The molecule has 0 fully saturated rings. The minimum Gasteiger partial charge on any atom is -0.494 e. The van der Waals surface area contributed by atoms with Crippen LogP contribution in [0.2, 0.25) is 0 Å². The fraction of sp³-hybridized carbons (Fsp3) is 0.545. The number of carbonyl (C=O) groups is 4. The van der Waals surface area contributed by atoms with E-state index in [-0.39, 0.29) is 29.2 Å². The number of hydrogen-bond acceptors (Lipinski definition) is 5. The number of hydrogen-bond donors (Lipinski definition) is 4. The first-order valence-corrected chi connectivity index (χ1v) is 10.5. The Balaban J connectivity index is 2.07. The quantitative estimate of drug-likeness (QED) is 0.270. The highest BCUT2D eigenvalue weighted by Gasteiger charge is 2.12. The summed E-state index contributed by atoms with van der Waals surface area (Å²) in [7, 11) is 0. The van der Waals surface area contributed by atoms with Crippen LogP contribution in [0.4, 0.5) is 0 Å². The van der Waals surface area contributed by atoms with Crippen LogP contribution in [-0.2, 0) is 9.59 Å². The van der Waals surface area contributed by atoms with Gasteiger partial charge in [-0.3, -0.25) is 9.59 Å². The summed E-state index contributed by atoms with van der Waals surface area (Å²) in [6.45, 7) is 0.773. The van der Waals surface area contributed by atoms with Gasteiger partial charge in [0.15, 0.2) is 0 Å². The third-order valence-corrected chi connectivity index (χ3v) is 4.61. The minimum absolute atomic E-state index is 0.0411. The topological polar surface area (TPSA) is 150 Å². The summed E-state index contributed by atoms with van der Waals surface area (Å²) in [5, 5.41) is 29.3. The molecule has 0 saturated carbocycles. The third kappa shape index (κ3) is 12.2. The van der Waals surface area contributed by atoms with E-state index >= 15 is 0 Å². The van der Waals surface area contributed by atoms with Gasteiger partial charge in [-0.2, -0.15) is 0 Å². The molecule has 0 aliphatic rings. The van der Waals surface area contributed by atoms with Crippen molar-refractivity contribution in [1.29, 1.82) is 0 Å². The van der Waals surface area contributed by atoms with Gasteiger partial charge in [0.05, 0.1) is 17.7 Å². The second kappa shape index (κ2) is 14.8. The van der Waals surface area contributed by atoms with E-state index in [1.165, 1.54) is 12.1 Å². The molecule has 0 aliphatic carbocycles. The van der Waals surface area contributed by atoms with Crippen LogP contribution in [-0.4, -0.2) is 52.3 Å². The van der Waals surface area contributed by atoms with Crippen LogP contribution in [0.25, 0.3) is 0 Å². The van der Waals surface area contributed by atoms with Crippen LogP contribution in [0, 0.1) is 0 Å². The number of carboxylic acid groups (broad SMARTS) is 3. The number of rotatable bonds is 17. The Labute approximate surface area is 181 Å². The molecule has 1 amide bonds. The van der Waals surface area contributed by atoms with Gasteiger partial charge in [-0.15, -0.1) is 0 Å². The van der Waals surface area contributed by atoms with Gasteiger partial charge in [0.1, 0.15) is 5.75 Å². The van der Waals surface area contributed by atoms with Gasteiger partial charge >= 0.3 is 17.9 Å². The van der Waals surface area contributed by atoms with E-state index in [2.05, 4.69) is 5.32 Å². The van der Waals surface area contributed by atoms with E-state index in [0.717, 1.165) is 51.0 Å². The zero-order chi connectivity index (χ0) is 23.1. The number of unbranched alkanes of at least 4 members (excludes halogenated alkanes) is 6. The van der Waals surface area contributed by atoms with Crippen LogP contribution >= 0.6 is 0 Å². The molecule has 1 aromatic rings. The van der Waals surface area contributed by atoms with Crippen LogP contribution in [0.3, 0.4) is 0 Å². The number of nitrogens with one attached hydrogen (secondary N) is 1. The third-order valence-electron chi connectivity index (χ3n) is 4.61. The summed E-state index contributed by atoms with van der Waals surface area (Å²) in [5.74, 6) is -3.08. The van der Waals surface area contributed by atoms with E-state index in [9.17, 15) is 19.2 Å². The monoisotopic (exact) mass is 437 g/mol. The molecule has 0 unspecified atom stereocenters. The van der Waals surface area contributed by atoms with Gasteiger partial charge in [-0.05, 0) is 37.5 Å². The molecule has 0 atom stereocenters. The van der Waals surface area contributed by atoms with Crippen molar-refractivity contribution in [2.24, 2.45) is 0 Å². The molecule has 0 bridgehead atoms. The van der Waals surface area contributed by atoms with E-state index in [1.54, 1.807) is 0 Å². The predicted molar refractivity (Wildman–Crippen MR) is 113 cm³/mol. The summed E-state index contributed by atoms with van der Waals surface area (Å²) >= 11 is 0. The summed E-state index contributed by atoms with van der Waals surface area (Å²) in [6, 6.07) is 3.73. The lowest BCUT2D eigenvalue weighted by atomic mass is 10.1. The lowest BCUT2D eigenvalue weighted by Crippen LogP contribution is -2.24. The molecule has 1 aromatic carbocycles. The van der Waals surface area contributed by atoms with E-state index in [1.807, 2.05) is 0 Å². The first-order valence-electron chi connectivity index (χ1n) is 10.5. The van der Waals surface area contributed by atoms with Crippen molar-refractivity contribution in [2.45, 2.75) is 64.2 Å². The average molecular weight is 437 g/mol. The molecule has 4 N–H and O–H groups in total. The van der Waals surface area contributed by atoms with Crippen molar-refractivity contribution >= 4 is 23.8 Å². The van der Waals surface area contributed by atoms with Gasteiger partial charge in [0.2, 0.25) is 5.91 Å². The average Bonchev–Trinajstić information content (AvgIpc) is 2.72. The Morgan fingerprint density at radius 3 is 1.81 bits per heavy atom. The molecule has 0 aromatic heterocycles. The molecule has 0 aliphatic heterocycles. The highest BCUT2D eigenvalue weighted by molar-refractivity contribution is 5.94. The van der Waals surface area contributed by atoms with Gasteiger partial charge in [-0.25, -0.2) is 9.59 Å². The first kappa shape index (κ1) is 25.9. The number of carbonyl (C=O) groups excluding carboxylic acids is 1. The molecule has 31 heavy (non-hydrogen) atoms. The van der Waals surface area contributed by atoms with Crippen LogP contribution in [0.5, 0.6) is 5.75 Å². The smallest absolute Gasteiger partial charge is 0.335 e. The fourth-order valence-electron chi connectivity index (χ4n) is 2.95. The second-order valence-electron chi connectivity index (χ2n) is 7.28. The van der Waals surface area contributed by atoms with Crippen molar-refractivity contribution in [3.63, 3.8) is 0 Å². The van der Waals surface area contributed by atoms with Gasteiger partial charge in [-0.1, -0.05) is 32.1 Å². The zero-order valence-corrected chi connectivity index (χ0v) is 17.6. The van der Waals surface area contributed by atoms with Gasteiger partial charge in [0, 0.05) is 19.4 Å². The maximum absolute atomic E-state index is 11.6. The Morgan fingerprint density at radius 2 is 1.26 bits per heavy atom. The van der Waals surface area contributed by atoms with Gasteiger partial charge < -0.3 is 25.4 Å². The number of carboxylic acids is 3. The second-order valence-corrected chi connectivity index (χ2v) is 7.28. The lowest BCUT2D eigenvalue weighted by Gasteiger charge is -2.08. The molecule has 172 valence electrons. The highest BCUT2D eigenvalue weighted by atomic mass is 16.5. The van der Waals surface area contributed by atoms with Crippen molar-refractivity contribution in [3.05, 3.63) is 29.3 Å². The SMILES string of the molecule is O=C(O)CCCNC(=O)CCCCCCCCCOc1cc(C(=O)O)cc(C(=O)O)c1. The lowest BCUT2D eigenvalue weighted by molar-refractivity contribution is -0.137. The maximum Gasteiger partial charge on any atom is 0.335 e. The summed E-state index contributed by atoms with van der Waals surface area (Å²) in [5.41, 5.74) is -0.243. The molecular weight excluding hydrogens is 406 g/mol. The molecule has 9 heteroatoms. The highest BCUT2D eigenvalue weighted by Crippen LogP contribution is 2.18. The number of aromatic carboxylic acids is 2. The molecule has 0 radical (unpaired) electrons. The number of aliphatic carboxylic acids is 1. The predicted octanol–water partition coefficient (Wildman–Crippen LogP) is 3.56. The van der Waals surface area contributed by atoms with Crippen LogP contribution in [0.15, 0.2) is 18.2 Å². The summed E-state index contributed by atoms with van der Waals surface area (Å²) in [6.07, 6.45) is 7.51. The number of ether oxygens (including phenoxy) is 1. The molecule has 1 rings (SSSR count). The largest absolute Gasteiger partial charge is 0.494 e. The Bertz CT molecular complexity index is 715. The molecule has 9 nitrogen and oxygen atoms in total. The number of amides is 1. The molecule has 0 saturated heterocycles. The van der Waals surface area contributed by atoms with E-state index < -0.39 is 17.9 Å². The van der Waals surface area contributed by atoms with Gasteiger partial charge in [0.25, 0.3) is 0 Å². The van der Waals surface area contributed by atoms with Crippen LogP contribution in [0.1, 0.15) is 84.9 Å². The fourth-order valence-corrected chi connectivity index (χ4v) is 2.95. The van der Waals surface area contributed by atoms with Crippen molar-refractivity contribution < 1.29 is 39.2 Å². The minimum atomic E-state index is -1.20.